The predicted octanol–water partition coefficient (Wildman–Crippen LogP) is 2.18. The molecule has 0 spiro atoms. The molecule has 0 bridgehead atoms. The van der Waals surface area contributed by atoms with Gasteiger partial charge in [-0.1, -0.05) is 36.8 Å². The fraction of sp³-hybridized carbons (Fsp3) is 0.591. The number of likely N-dealkylation sites (tertiary alicyclic amines) is 2. The summed E-state index contributed by atoms with van der Waals surface area (Å²) in [7, 11) is 0. The van der Waals surface area contributed by atoms with Gasteiger partial charge in [-0.15, -0.1) is 0 Å². The Balaban J connectivity index is 1.42. The molecule has 1 aromatic rings. The van der Waals surface area contributed by atoms with Gasteiger partial charge in [0.15, 0.2) is 0 Å². The van der Waals surface area contributed by atoms with E-state index >= 15 is 0 Å². The summed E-state index contributed by atoms with van der Waals surface area (Å²) < 4.78 is 0. The number of amides is 2. The van der Waals surface area contributed by atoms with Gasteiger partial charge in [0.05, 0.1) is 12.3 Å². The fourth-order valence-corrected chi connectivity index (χ4v) is 5.37. The molecule has 1 N–H and O–H groups in total. The third kappa shape index (κ3) is 3.64. The number of aliphatic carboxylic acids is 1. The summed E-state index contributed by atoms with van der Waals surface area (Å²) in [4.78, 5) is 41.2. The van der Waals surface area contributed by atoms with Crippen molar-refractivity contribution in [3.05, 3.63) is 35.9 Å². The molecule has 6 nitrogen and oxygen atoms in total. The largest absolute Gasteiger partial charge is 0.480 e. The molecule has 0 aromatic heterocycles. The van der Waals surface area contributed by atoms with Gasteiger partial charge in [-0.2, -0.15) is 0 Å². The van der Waals surface area contributed by atoms with Gasteiger partial charge < -0.3 is 14.9 Å². The Morgan fingerprint density at radius 1 is 1.00 bits per heavy atom. The van der Waals surface area contributed by atoms with Gasteiger partial charge in [0.25, 0.3) is 0 Å². The number of piperidine rings is 1. The second-order valence-electron chi connectivity index (χ2n) is 8.47. The third-order valence-corrected chi connectivity index (χ3v) is 6.75. The number of carboxylic acid groups (broad SMARTS) is 1. The average Bonchev–Trinajstić information content (AvgIpc) is 3.29. The van der Waals surface area contributed by atoms with Gasteiger partial charge in [0.1, 0.15) is 6.04 Å². The van der Waals surface area contributed by atoms with Crippen molar-refractivity contribution in [2.45, 2.75) is 44.6 Å². The summed E-state index contributed by atoms with van der Waals surface area (Å²) in [6, 6.07) is 8.95. The topological polar surface area (TPSA) is 77.9 Å². The van der Waals surface area contributed by atoms with Gasteiger partial charge in [-0.05, 0) is 43.1 Å². The molecule has 28 heavy (non-hydrogen) atoms. The van der Waals surface area contributed by atoms with Crippen LogP contribution in [0.1, 0.15) is 37.7 Å². The van der Waals surface area contributed by atoms with Crippen LogP contribution in [0.15, 0.2) is 30.3 Å². The Bertz CT molecular complexity index is 750. The van der Waals surface area contributed by atoms with E-state index in [0.29, 0.717) is 32.0 Å². The molecule has 1 aliphatic carbocycles. The Hall–Kier alpha value is -2.37. The first-order valence-electron chi connectivity index (χ1n) is 10.4. The van der Waals surface area contributed by atoms with Crippen molar-refractivity contribution in [2.24, 2.45) is 17.8 Å². The van der Waals surface area contributed by atoms with E-state index in [1.165, 1.54) is 0 Å². The number of benzene rings is 1. The van der Waals surface area contributed by atoms with Gasteiger partial charge in [0.2, 0.25) is 11.8 Å². The Morgan fingerprint density at radius 3 is 2.54 bits per heavy atom. The maximum atomic E-state index is 13.2. The molecule has 4 atom stereocenters. The standard InChI is InChI=1S/C22H28N2O4/c25-19(12-15-6-2-1-3-7-15)23-11-5-9-17(13-23)21(26)24-14-16-8-4-10-18(16)20(24)22(27)28/h1-3,6-7,16-18,20H,4-5,8-14H2,(H,27,28). The van der Waals surface area contributed by atoms with Crippen LogP contribution in [-0.4, -0.2) is 58.4 Å². The zero-order valence-electron chi connectivity index (χ0n) is 16.1. The SMILES string of the molecule is O=C(O)C1C2CCCC2CN1C(=O)C1CCCN(C(=O)Cc2ccccc2)C1. The van der Waals surface area contributed by atoms with Crippen LogP contribution in [0.2, 0.25) is 0 Å². The monoisotopic (exact) mass is 384 g/mol. The van der Waals surface area contributed by atoms with Crippen molar-refractivity contribution in [1.29, 1.82) is 0 Å². The third-order valence-electron chi connectivity index (χ3n) is 6.75. The van der Waals surface area contributed by atoms with Crippen LogP contribution in [-0.2, 0) is 20.8 Å². The van der Waals surface area contributed by atoms with Crippen LogP contribution in [0.25, 0.3) is 0 Å². The lowest BCUT2D eigenvalue weighted by atomic mass is 9.93. The Morgan fingerprint density at radius 2 is 1.79 bits per heavy atom. The molecule has 2 aliphatic heterocycles. The van der Waals surface area contributed by atoms with Crippen LogP contribution in [0, 0.1) is 17.8 Å². The van der Waals surface area contributed by atoms with E-state index in [-0.39, 0.29) is 23.7 Å². The van der Waals surface area contributed by atoms with Crippen molar-refractivity contribution in [3.8, 4) is 0 Å². The van der Waals surface area contributed by atoms with E-state index < -0.39 is 12.0 Å². The summed E-state index contributed by atoms with van der Waals surface area (Å²) in [5.74, 6) is -0.772. The number of carbonyl (C=O) groups excluding carboxylic acids is 2. The number of fused-ring (bicyclic) bond motifs is 1. The molecule has 4 rings (SSSR count). The molecule has 150 valence electrons. The van der Waals surface area contributed by atoms with Crippen molar-refractivity contribution in [2.75, 3.05) is 19.6 Å². The quantitative estimate of drug-likeness (QED) is 0.863. The minimum atomic E-state index is -0.879. The van der Waals surface area contributed by atoms with E-state index in [4.69, 9.17) is 0 Å². The van der Waals surface area contributed by atoms with Gasteiger partial charge in [-0.3, -0.25) is 9.59 Å². The van der Waals surface area contributed by atoms with E-state index in [9.17, 15) is 19.5 Å². The smallest absolute Gasteiger partial charge is 0.326 e. The maximum absolute atomic E-state index is 13.2. The molecule has 3 aliphatic rings. The van der Waals surface area contributed by atoms with Crippen LogP contribution >= 0.6 is 0 Å². The summed E-state index contributed by atoms with van der Waals surface area (Å²) >= 11 is 0. The number of hydrogen-bond donors (Lipinski definition) is 1. The number of carboxylic acids is 1. The number of hydrogen-bond acceptors (Lipinski definition) is 3. The van der Waals surface area contributed by atoms with E-state index in [1.807, 2.05) is 30.3 Å². The predicted molar refractivity (Wildman–Crippen MR) is 103 cm³/mol. The maximum Gasteiger partial charge on any atom is 0.326 e. The van der Waals surface area contributed by atoms with E-state index in [0.717, 1.165) is 37.7 Å². The molecule has 1 aromatic carbocycles. The number of carbonyl (C=O) groups is 3. The molecule has 1 saturated carbocycles. The highest BCUT2D eigenvalue weighted by atomic mass is 16.4. The van der Waals surface area contributed by atoms with Crippen LogP contribution in [0.5, 0.6) is 0 Å². The highest BCUT2D eigenvalue weighted by molar-refractivity contribution is 5.87. The van der Waals surface area contributed by atoms with Crippen molar-refractivity contribution in [1.82, 2.24) is 9.80 Å². The first-order valence-corrected chi connectivity index (χ1v) is 10.4. The molecule has 4 unspecified atom stereocenters. The Labute approximate surface area is 165 Å². The number of nitrogens with zero attached hydrogens (tertiary/aromatic N) is 2. The van der Waals surface area contributed by atoms with Crippen molar-refractivity contribution < 1.29 is 19.5 Å². The summed E-state index contributed by atoms with van der Waals surface area (Å²) in [6.07, 6.45) is 4.84. The summed E-state index contributed by atoms with van der Waals surface area (Å²) in [5.41, 5.74) is 0.972. The highest BCUT2D eigenvalue weighted by Gasteiger charge is 2.50. The molecule has 3 fully saturated rings. The van der Waals surface area contributed by atoms with Gasteiger partial charge >= 0.3 is 5.97 Å². The fourth-order valence-electron chi connectivity index (χ4n) is 5.37. The zero-order chi connectivity index (χ0) is 19.7. The van der Waals surface area contributed by atoms with Crippen LogP contribution in [0.3, 0.4) is 0 Å². The molecule has 2 heterocycles. The minimum absolute atomic E-state index is 0.0387. The second-order valence-corrected chi connectivity index (χ2v) is 8.47. The average molecular weight is 384 g/mol. The molecule has 2 amide bonds. The minimum Gasteiger partial charge on any atom is -0.480 e. The van der Waals surface area contributed by atoms with Gasteiger partial charge in [-0.25, -0.2) is 4.79 Å². The molecular formula is C22H28N2O4. The lowest BCUT2D eigenvalue weighted by Crippen LogP contribution is -2.50. The number of rotatable bonds is 4. The summed E-state index contributed by atoms with van der Waals surface area (Å²) in [5, 5.41) is 9.72. The highest BCUT2D eigenvalue weighted by Crippen LogP contribution is 2.43. The molecule has 2 saturated heterocycles. The normalized spacial score (nSPS) is 29.6. The second kappa shape index (κ2) is 7.94. The van der Waals surface area contributed by atoms with Crippen LogP contribution in [0.4, 0.5) is 0 Å². The van der Waals surface area contributed by atoms with Crippen molar-refractivity contribution >= 4 is 17.8 Å². The Kier molecular flexibility index (Phi) is 5.38. The van der Waals surface area contributed by atoms with Gasteiger partial charge in [0, 0.05) is 19.6 Å². The summed E-state index contributed by atoms with van der Waals surface area (Å²) in [6.45, 7) is 1.64. The molecule has 6 heteroatoms. The molecular weight excluding hydrogens is 356 g/mol. The lowest BCUT2D eigenvalue weighted by Gasteiger charge is -2.35. The zero-order valence-corrected chi connectivity index (χ0v) is 16.1. The van der Waals surface area contributed by atoms with E-state index in [1.54, 1.807) is 9.80 Å². The lowest BCUT2D eigenvalue weighted by molar-refractivity contribution is -0.152. The van der Waals surface area contributed by atoms with Crippen molar-refractivity contribution in [3.63, 3.8) is 0 Å². The first kappa shape index (κ1) is 19.0. The van der Waals surface area contributed by atoms with E-state index in [2.05, 4.69) is 0 Å². The molecule has 0 radical (unpaired) electrons. The van der Waals surface area contributed by atoms with Crippen LogP contribution < -0.4 is 0 Å². The first-order chi connectivity index (χ1) is 13.5.